The van der Waals surface area contributed by atoms with Gasteiger partial charge in [-0.2, -0.15) is 0 Å². The van der Waals surface area contributed by atoms with Gasteiger partial charge in [0.1, 0.15) is 0 Å². The van der Waals surface area contributed by atoms with Gasteiger partial charge < -0.3 is 10.6 Å². The van der Waals surface area contributed by atoms with E-state index >= 15 is 0 Å². The Hall–Kier alpha value is -2.13. The molecule has 0 saturated carbocycles. The zero-order valence-electron chi connectivity index (χ0n) is 12.2. The van der Waals surface area contributed by atoms with Gasteiger partial charge in [0.15, 0.2) is 0 Å². The lowest BCUT2D eigenvalue weighted by Crippen LogP contribution is -2.23. The number of hydrogen-bond donors (Lipinski definition) is 2. The first-order chi connectivity index (χ1) is 10.3. The molecule has 3 heteroatoms. The van der Waals surface area contributed by atoms with Crippen LogP contribution in [0.5, 0.6) is 0 Å². The van der Waals surface area contributed by atoms with Crippen molar-refractivity contribution in [1.29, 1.82) is 0 Å². The Bertz CT molecular complexity index is 609. The third-order valence-corrected chi connectivity index (χ3v) is 4.02. The van der Waals surface area contributed by atoms with Gasteiger partial charge in [0.2, 0.25) is 5.91 Å². The topological polar surface area (TPSA) is 41.1 Å². The van der Waals surface area contributed by atoms with Crippen LogP contribution in [-0.4, -0.2) is 13.0 Å². The fourth-order valence-corrected chi connectivity index (χ4v) is 2.90. The van der Waals surface area contributed by atoms with E-state index < -0.39 is 0 Å². The van der Waals surface area contributed by atoms with Crippen LogP contribution in [-0.2, 0) is 24.2 Å². The summed E-state index contributed by atoms with van der Waals surface area (Å²) in [7, 11) is 1.92. The second-order valence-electron chi connectivity index (χ2n) is 5.59. The minimum Gasteiger partial charge on any atom is -0.326 e. The summed E-state index contributed by atoms with van der Waals surface area (Å²) in [6, 6.07) is 16.3. The van der Waals surface area contributed by atoms with Crippen LogP contribution in [0.25, 0.3) is 0 Å². The van der Waals surface area contributed by atoms with Crippen molar-refractivity contribution in [2.24, 2.45) is 5.92 Å². The summed E-state index contributed by atoms with van der Waals surface area (Å²) in [5.74, 6) is 0.173. The Morgan fingerprint density at radius 3 is 2.24 bits per heavy atom. The minimum atomic E-state index is 0.0550. The second kappa shape index (κ2) is 6.10. The molecule has 1 aliphatic carbocycles. The Morgan fingerprint density at radius 1 is 1.05 bits per heavy atom. The van der Waals surface area contributed by atoms with Gasteiger partial charge in [0.05, 0.1) is 0 Å². The van der Waals surface area contributed by atoms with Crippen LogP contribution in [0.1, 0.15) is 16.7 Å². The van der Waals surface area contributed by atoms with E-state index in [2.05, 4.69) is 22.8 Å². The summed E-state index contributed by atoms with van der Waals surface area (Å²) in [4.78, 5) is 12.4. The van der Waals surface area contributed by atoms with Crippen molar-refractivity contribution in [2.75, 3.05) is 12.4 Å². The summed E-state index contributed by atoms with van der Waals surface area (Å²) in [5, 5.41) is 6.14. The van der Waals surface area contributed by atoms with E-state index in [9.17, 15) is 4.79 Å². The van der Waals surface area contributed by atoms with Crippen molar-refractivity contribution < 1.29 is 4.79 Å². The number of benzene rings is 2. The van der Waals surface area contributed by atoms with Gasteiger partial charge >= 0.3 is 0 Å². The molecule has 0 fully saturated rings. The molecule has 2 aromatic rings. The van der Waals surface area contributed by atoms with Gasteiger partial charge in [-0.1, -0.05) is 36.4 Å². The SMILES string of the molecule is CNCc1ccc(NC(=O)C2Cc3ccccc3C2)cc1. The summed E-state index contributed by atoms with van der Waals surface area (Å²) in [6.45, 7) is 0.839. The molecule has 0 radical (unpaired) electrons. The lowest BCUT2D eigenvalue weighted by atomic mass is 10.1. The lowest BCUT2D eigenvalue weighted by Gasteiger charge is -2.11. The van der Waals surface area contributed by atoms with Crippen LogP contribution >= 0.6 is 0 Å². The number of nitrogens with one attached hydrogen (secondary N) is 2. The number of amides is 1. The van der Waals surface area contributed by atoms with Crippen LogP contribution in [0.2, 0.25) is 0 Å². The quantitative estimate of drug-likeness (QED) is 0.904. The smallest absolute Gasteiger partial charge is 0.228 e. The van der Waals surface area contributed by atoms with Gasteiger partial charge in [-0.15, -0.1) is 0 Å². The Labute approximate surface area is 125 Å². The molecular formula is C18H20N2O. The second-order valence-corrected chi connectivity index (χ2v) is 5.59. The molecule has 0 bridgehead atoms. The van der Waals surface area contributed by atoms with Crippen LogP contribution in [0.3, 0.4) is 0 Å². The Kier molecular flexibility index (Phi) is 4.02. The molecule has 108 valence electrons. The third kappa shape index (κ3) is 3.14. The van der Waals surface area contributed by atoms with Crippen molar-refractivity contribution in [3.8, 4) is 0 Å². The van der Waals surface area contributed by atoms with Gasteiger partial charge in [-0.3, -0.25) is 4.79 Å². The number of fused-ring (bicyclic) bond motifs is 1. The van der Waals surface area contributed by atoms with Crippen LogP contribution < -0.4 is 10.6 Å². The van der Waals surface area contributed by atoms with E-state index in [1.807, 2.05) is 43.4 Å². The molecule has 0 spiro atoms. The van der Waals surface area contributed by atoms with Crippen molar-refractivity contribution in [3.63, 3.8) is 0 Å². The summed E-state index contributed by atoms with van der Waals surface area (Å²) in [6.07, 6.45) is 1.69. The molecular weight excluding hydrogens is 260 g/mol. The molecule has 2 N–H and O–H groups in total. The molecule has 0 aliphatic heterocycles. The minimum absolute atomic E-state index is 0.0550. The lowest BCUT2D eigenvalue weighted by molar-refractivity contribution is -0.119. The van der Waals surface area contributed by atoms with E-state index in [0.29, 0.717) is 0 Å². The molecule has 1 aliphatic rings. The van der Waals surface area contributed by atoms with Crippen molar-refractivity contribution in [3.05, 3.63) is 65.2 Å². The summed E-state index contributed by atoms with van der Waals surface area (Å²) < 4.78 is 0. The number of hydrogen-bond acceptors (Lipinski definition) is 2. The molecule has 0 aromatic heterocycles. The maximum atomic E-state index is 12.4. The van der Waals surface area contributed by atoms with E-state index in [1.54, 1.807) is 0 Å². The predicted molar refractivity (Wildman–Crippen MR) is 85.2 cm³/mol. The fourth-order valence-electron chi connectivity index (χ4n) is 2.90. The standard InChI is InChI=1S/C18H20N2O/c1-19-12-13-6-8-17(9-7-13)20-18(21)16-10-14-4-2-3-5-15(14)11-16/h2-9,16,19H,10-12H2,1H3,(H,20,21). The largest absolute Gasteiger partial charge is 0.326 e. The molecule has 21 heavy (non-hydrogen) atoms. The summed E-state index contributed by atoms with van der Waals surface area (Å²) in [5.41, 5.74) is 4.70. The van der Waals surface area contributed by atoms with Crippen molar-refractivity contribution in [2.45, 2.75) is 19.4 Å². The molecule has 0 heterocycles. The maximum absolute atomic E-state index is 12.4. The first-order valence-corrected chi connectivity index (χ1v) is 7.37. The number of rotatable bonds is 4. The zero-order chi connectivity index (χ0) is 14.7. The molecule has 3 rings (SSSR count). The van der Waals surface area contributed by atoms with Crippen LogP contribution in [0.15, 0.2) is 48.5 Å². The average Bonchev–Trinajstić information content (AvgIpc) is 2.94. The summed E-state index contributed by atoms with van der Waals surface area (Å²) >= 11 is 0. The highest BCUT2D eigenvalue weighted by molar-refractivity contribution is 5.93. The van der Waals surface area contributed by atoms with E-state index in [0.717, 1.165) is 25.1 Å². The Balaban J connectivity index is 1.62. The Morgan fingerprint density at radius 2 is 1.67 bits per heavy atom. The van der Waals surface area contributed by atoms with Crippen LogP contribution in [0, 0.1) is 5.92 Å². The third-order valence-electron chi connectivity index (χ3n) is 4.02. The normalized spacial score (nSPS) is 14.0. The highest BCUT2D eigenvalue weighted by atomic mass is 16.1. The molecule has 0 atom stereocenters. The van der Waals surface area contributed by atoms with Crippen LogP contribution in [0.4, 0.5) is 5.69 Å². The fraction of sp³-hybridized carbons (Fsp3) is 0.278. The highest BCUT2D eigenvalue weighted by Crippen LogP contribution is 2.27. The van der Waals surface area contributed by atoms with Crippen molar-refractivity contribution in [1.82, 2.24) is 5.32 Å². The van der Waals surface area contributed by atoms with Gasteiger partial charge in [-0.05, 0) is 48.7 Å². The highest BCUT2D eigenvalue weighted by Gasteiger charge is 2.26. The zero-order valence-corrected chi connectivity index (χ0v) is 12.2. The number of carbonyl (C=O) groups is 1. The first kappa shape index (κ1) is 13.8. The van der Waals surface area contributed by atoms with Gasteiger partial charge in [0, 0.05) is 18.2 Å². The van der Waals surface area contributed by atoms with E-state index in [1.165, 1.54) is 16.7 Å². The molecule has 3 nitrogen and oxygen atoms in total. The molecule has 2 aromatic carbocycles. The molecule has 0 unspecified atom stereocenters. The van der Waals surface area contributed by atoms with E-state index in [4.69, 9.17) is 0 Å². The van der Waals surface area contributed by atoms with Gasteiger partial charge in [-0.25, -0.2) is 0 Å². The number of carbonyl (C=O) groups excluding carboxylic acids is 1. The predicted octanol–water partition coefficient (Wildman–Crippen LogP) is 2.76. The maximum Gasteiger partial charge on any atom is 0.228 e. The average molecular weight is 280 g/mol. The molecule has 1 amide bonds. The monoisotopic (exact) mass is 280 g/mol. The first-order valence-electron chi connectivity index (χ1n) is 7.37. The van der Waals surface area contributed by atoms with Gasteiger partial charge in [0.25, 0.3) is 0 Å². The molecule has 0 saturated heterocycles. The van der Waals surface area contributed by atoms with E-state index in [-0.39, 0.29) is 11.8 Å². The number of anilines is 1. The van der Waals surface area contributed by atoms with Crippen molar-refractivity contribution >= 4 is 11.6 Å².